The summed E-state index contributed by atoms with van der Waals surface area (Å²) in [6, 6.07) is 5.64. The zero-order valence-electron chi connectivity index (χ0n) is 10.4. The second-order valence-corrected chi connectivity index (χ2v) is 5.65. The number of halogens is 2. The lowest BCUT2D eigenvalue weighted by Crippen LogP contribution is -2.22. The van der Waals surface area contributed by atoms with Crippen LogP contribution in [0.4, 0.5) is 0 Å². The van der Waals surface area contributed by atoms with Gasteiger partial charge in [0.25, 0.3) is 5.56 Å². The molecule has 0 aliphatic carbocycles. The second-order valence-electron chi connectivity index (χ2n) is 4.39. The first-order chi connectivity index (χ1) is 8.41. The predicted molar refractivity (Wildman–Crippen MR) is 77.5 cm³/mol. The van der Waals surface area contributed by atoms with Gasteiger partial charge >= 0.3 is 0 Å². The first kappa shape index (κ1) is 13.4. The first-order valence-corrected chi connectivity index (χ1v) is 6.81. The van der Waals surface area contributed by atoms with E-state index in [4.69, 9.17) is 11.6 Å². The van der Waals surface area contributed by atoms with Crippen molar-refractivity contribution in [2.45, 2.75) is 26.8 Å². The summed E-state index contributed by atoms with van der Waals surface area (Å²) in [5, 5.41) is 3.74. The average Bonchev–Trinajstić information content (AvgIpc) is 2.60. The molecule has 0 radical (unpaired) electrons. The number of nitrogens with zero attached hydrogens (tertiary/aromatic N) is 1. The van der Waals surface area contributed by atoms with Crippen molar-refractivity contribution in [3.63, 3.8) is 0 Å². The van der Waals surface area contributed by atoms with E-state index < -0.39 is 0 Å². The maximum absolute atomic E-state index is 12.0. The van der Waals surface area contributed by atoms with Gasteiger partial charge in [-0.25, -0.2) is 4.68 Å². The van der Waals surface area contributed by atoms with Crippen LogP contribution in [0.5, 0.6) is 0 Å². The molecule has 0 saturated carbocycles. The molecule has 0 amide bonds. The zero-order chi connectivity index (χ0) is 13.4. The van der Waals surface area contributed by atoms with Crippen LogP contribution in [0.2, 0.25) is 5.02 Å². The topological polar surface area (TPSA) is 37.8 Å². The van der Waals surface area contributed by atoms with E-state index >= 15 is 0 Å². The van der Waals surface area contributed by atoms with Crippen LogP contribution in [0, 0.1) is 13.8 Å². The molecule has 5 heteroatoms. The Morgan fingerprint density at radius 3 is 2.56 bits per heavy atom. The van der Waals surface area contributed by atoms with Crippen molar-refractivity contribution in [1.82, 2.24) is 9.78 Å². The number of rotatable bonds is 2. The Bertz CT molecular complexity index is 645. The van der Waals surface area contributed by atoms with E-state index in [-0.39, 0.29) is 11.6 Å². The van der Waals surface area contributed by atoms with Gasteiger partial charge in [0, 0.05) is 15.7 Å². The third-order valence-electron chi connectivity index (χ3n) is 3.20. The van der Waals surface area contributed by atoms with Gasteiger partial charge < -0.3 is 0 Å². The van der Waals surface area contributed by atoms with Crippen molar-refractivity contribution in [2.24, 2.45) is 0 Å². The number of aromatic nitrogens is 2. The van der Waals surface area contributed by atoms with Crippen LogP contribution >= 0.6 is 27.5 Å². The van der Waals surface area contributed by atoms with Gasteiger partial charge in [-0.2, -0.15) is 0 Å². The van der Waals surface area contributed by atoms with Crippen LogP contribution < -0.4 is 5.56 Å². The zero-order valence-corrected chi connectivity index (χ0v) is 12.8. The second kappa shape index (κ2) is 4.94. The standard InChI is InChI=1S/C13H14BrClN2O/c1-7-8(2)16-17(13(7)18)9(3)10-4-5-11(14)12(15)6-10/h4-6,9,16H,1-3H3. The van der Waals surface area contributed by atoms with Gasteiger partial charge in [0.1, 0.15) is 0 Å². The van der Waals surface area contributed by atoms with Crippen molar-refractivity contribution in [1.29, 1.82) is 0 Å². The van der Waals surface area contributed by atoms with Gasteiger partial charge in [-0.15, -0.1) is 0 Å². The highest BCUT2D eigenvalue weighted by molar-refractivity contribution is 9.10. The highest BCUT2D eigenvalue weighted by Gasteiger charge is 2.14. The van der Waals surface area contributed by atoms with Crippen LogP contribution in [0.15, 0.2) is 27.5 Å². The fraction of sp³-hybridized carbons (Fsp3) is 0.308. The Hall–Kier alpha value is -1.00. The molecule has 2 aromatic rings. The molecule has 96 valence electrons. The minimum Gasteiger partial charge on any atom is -0.299 e. The summed E-state index contributed by atoms with van der Waals surface area (Å²) >= 11 is 9.43. The van der Waals surface area contributed by atoms with Crippen LogP contribution in [0.25, 0.3) is 0 Å². The minimum absolute atomic E-state index is 0.0130. The molecule has 2 rings (SSSR count). The van der Waals surface area contributed by atoms with Crippen LogP contribution in [0.1, 0.15) is 29.8 Å². The quantitative estimate of drug-likeness (QED) is 0.893. The molecule has 18 heavy (non-hydrogen) atoms. The van der Waals surface area contributed by atoms with Gasteiger partial charge in [-0.1, -0.05) is 17.7 Å². The normalized spacial score (nSPS) is 12.7. The monoisotopic (exact) mass is 328 g/mol. The fourth-order valence-electron chi connectivity index (χ4n) is 1.85. The van der Waals surface area contributed by atoms with E-state index in [1.165, 1.54) is 0 Å². The average molecular weight is 330 g/mol. The summed E-state index contributed by atoms with van der Waals surface area (Å²) in [6.45, 7) is 5.69. The molecule has 1 heterocycles. The highest BCUT2D eigenvalue weighted by Crippen LogP contribution is 2.27. The van der Waals surface area contributed by atoms with Crippen molar-refractivity contribution < 1.29 is 0 Å². The molecule has 1 atom stereocenters. The SMILES string of the molecule is Cc1[nH]n(C(C)c2ccc(Br)c(Cl)c2)c(=O)c1C. The van der Waals surface area contributed by atoms with E-state index in [2.05, 4.69) is 21.0 Å². The van der Waals surface area contributed by atoms with E-state index in [0.717, 1.165) is 21.3 Å². The van der Waals surface area contributed by atoms with E-state index in [1.54, 1.807) is 4.68 Å². The molecule has 0 fully saturated rings. The van der Waals surface area contributed by atoms with Crippen molar-refractivity contribution in [2.75, 3.05) is 0 Å². The van der Waals surface area contributed by atoms with Crippen LogP contribution in [-0.4, -0.2) is 9.78 Å². The number of aromatic amines is 1. The number of nitrogens with one attached hydrogen (secondary N) is 1. The van der Waals surface area contributed by atoms with Gasteiger partial charge in [-0.3, -0.25) is 9.89 Å². The molecular weight excluding hydrogens is 316 g/mol. The molecule has 3 nitrogen and oxygen atoms in total. The summed E-state index contributed by atoms with van der Waals surface area (Å²) < 4.78 is 2.48. The van der Waals surface area contributed by atoms with Crippen LogP contribution in [0.3, 0.4) is 0 Å². The number of aryl methyl sites for hydroxylation is 1. The number of H-pyrrole nitrogens is 1. The molecule has 0 aliphatic heterocycles. The molecule has 0 aliphatic rings. The summed E-state index contributed by atoms with van der Waals surface area (Å²) in [5.74, 6) is 0. The largest absolute Gasteiger partial charge is 0.299 e. The number of benzene rings is 1. The molecule has 1 aromatic carbocycles. The lowest BCUT2D eigenvalue weighted by atomic mass is 10.1. The molecule has 0 bridgehead atoms. The van der Waals surface area contributed by atoms with E-state index in [9.17, 15) is 4.79 Å². The highest BCUT2D eigenvalue weighted by atomic mass is 79.9. The summed E-state index contributed by atoms with van der Waals surface area (Å²) in [6.07, 6.45) is 0. The lowest BCUT2D eigenvalue weighted by Gasteiger charge is -2.13. The van der Waals surface area contributed by atoms with E-state index in [0.29, 0.717) is 5.02 Å². The third kappa shape index (κ3) is 2.27. The third-order valence-corrected chi connectivity index (χ3v) is 4.44. The van der Waals surface area contributed by atoms with Gasteiger partial charge in [0.2, 0.25) is 0 Å². The molecule has 0 spiro atoms. The Labute approximate surface area is 119 Å². The smallest absolute Gasteiger partial charge is 0.270 e. The van der Waals surface area contributed by atoms with Gasteiger partial charge in [-0.05, 0) is 54.4 Å². The Kier molecular flexibility index (Phi) is 3.69. The van der Waals surface area contributed by atoms with Crippen LogP contribution in [-0.2, 0) is 0 Å². The maximum Gasteiger partial charge on any atom is 0.270 e. The summed E-state index contributed by atoms with van der Waals surface area (Å²) in [5.41, 5.74) is 2.66. The number of hydrogen-bond acceptors (Lipinski definition) is 1. The molecule has 1 aromatic heterocycles. The Morgan fingerprint density at radius 2 is 2.06 bits per heavy atom. The molecular formula is C13H14BrClN2O. The summed E-state index contributed by atoms with van der Waals surface area (Å²) in [4.78, 5) is 12.0. The predicted octanol–water partition coefficient (Wildman–Crippen LogP) is 3.82. The Morgan fingerprint density at radius 1 is 1.39 bits per heavy atom. The van der Waals surface area contributed by atoms with E-state index in [1.807, 2.05) is 39.0 Å². The van der Waals surface area contributed by atoms with Crippen molar-refractivity contribution >= 4 is 27.5 Å². The molecule has 1 N–H and O–H groups in total. The van der Waals surface area contributed by atoms with Gasteiger partial charge in [0.05, 0.1) is 11.1 Å². The van der Waals surface area contributed by atoms with Crippen molar-refractivity contribution in [3.8, 4) is 0 Å². The Balaban J connectivity index is 2.47. The van der Waals surface area contributed by atoms with Gasteiger partial charge in [0.15, 0.2) is 0 Å². The summed E-state index contributed by atoms with van der Waals surface area (Å²) in [7, 11) is 0. The molecule has 1 unspecified atom stereocenters. The minimum atomic E-state index is -0.0736. The fourth-order valence-corrected chi connectivity index (χ4v) is 2.29. The lowest BCUT2D eigenvalue weighted by molar-refractivity contribution is 0.544. The first-order valence-electron chi connectivity index (χ1n) is 5.64. The molecule has 0 saturated heterocycles. The van der Waals surface area contributed by atoms with Crippen molar-refractivity contribution in [3.05, 3.63) is 54.9 Å². The maximum atomic E-state index is 12.0. The number of hydrogen-bond donors (Lipinski definition) is 1.